The van der Waals surface area contributed by atoms with Gasteiger partial charge in [-0.1, -0.05) is 0 Å². The smallest absolute Gasteiger partial charge is 0.550 e. The molecule has 11 heavy (non-hydrogen) atoms. The minimum atomic E-state index is -1.71. The first kappa shape index (κ1) is 13.1. The predicted molar refractivity (Wildman–Crippen MR) is 25.3 cm³/mol. The second kappa shape index (κ2) is 6.25. The molecule has 0 aliphatic heterocycles. The zero-order chi connectivity index (χ0) is 8.15. The molecule has 0 aromatic heterocycles. The molecular formula is C5H6O5Zn. The monoisotopic (exact) mass is 210 g/mol. The summed E-state index contributed by atoms with van der Waals surface area (Å²) in [7, 11) is 0. The summed E-state index contributed by atoms with van der Waals surface area (Å²) >= 11 is 0. The van der Waals surface area contributed by atoms with Crippen molar-refractivity contribution in [1.29, 1.82) is 0 Å². The Morgan fingerprint density at radius 1 is 1.36 bits per heavy atom. The van der Waals surface area contributed by atoms with Gasteiger partial charge in [-0.15, -0.1) is 0 Å². The second-order valence-electron chi connectivity index (χ2n) is 1.75. The van der Waals surface area contributed by atoms with Crippen LogP contribution >= 0.6 is 0 Å². The van der Waals surface area contributed by atoms with Crippen LogP contribution in [0.1, 0.15) is 12.8 Å². The third-order valence-electron chi connectivity index (χ3n) is 0.894. The largest absolute Gasteiger partial charge is 2.00 e. The molecule has 1 atom stereocenters. The molecule has 0 fully saturated rings. The Bertz CT molecular complexity index is 146. The number of aliphatic carboxylic acids is 2. The first-order valence-corrected chi connectivity index (χ1v) is 2.63. The molecule has 0 unspecified atom stereocenters. The number of hydrogen-bond acceptors (Lipinski definition) is 5. The van der Waals surface area contributed by atoms with Crippen LogP contribution in [-0.2, 0) is 29.1 Å². The molecule has 5 nitrogen and oxygen atoms in total. The minimum Gasteiger partial charge on any atom is -0.550 e. The molecule has 0 heterocycles. The Kier molecular flexibility index (Phi) is 7.46. The number of aliphatic hydroxyl groups excluding tert-OH is 1. The topological polar surface area (TPSA) is 100 Å². The molecule has 0 saturated carbocycles. The molecule has 0 aromatic carbocycles. The van der Waals surface area contributed by atoms with Crippen molar-refractivity contribution in [3.05, 3.63) is 0 Å². The first-order chi connectivity index (χ1) is 4.54. The van der Waals surface area contributed by atoms with Crippen LogP contribution in [0.4, 0.5) is 0 Å². The van der Waals surface area contributed by atoms with Crippen LogP contribution in [0.2, 0.25) is 0 Å². The van der Waals surface area contributed by atoms with Crippen molar-refractivity contribution in [2.24, 2.45) is 0 Å². The average molecular weight is 211 g/mol. The second-order valence-corrected chi connectivity index (χ2v) is 1.75. The maximum atomic E-state index is 9.74. The van der Waals surface area contributed by atoms with Crippen molar-refractivity contribution >= 4 is 11.9 Å². The number of aliphatic hydroxyl groups is 1. The van der Waals surface area contributed by atoms with Gasteiger partial charge >= 0.3 is 19.5 Å². The van der Waals surface area contributed by atoms with E-state index in [4.69, 9.17) is 5.11 Å². The van der Waals surface area contributed by atoms with Crippen LogP contribution in [0.5, 0.6) is 0 Å². The van der Waals surface area contributed by atoms with E-state index in [0.717, 1.165) is 0 Å². The normalized spacial score (nSPS) is 11.4. The summed E-state index contributed by atoms with van der Waals surface area (Å²) < 4.78 is 0. The average Bonchev–Trinajstić information content (AvgIpc) is 1.82. The summed E-state index contributed by atoms with van der Waals surface area (Å²) in [5, 5.41) is 27.9. The van der Waals surface area contributed by atoms with Crippen LogP contribution < -0.4 is 10.2 Å². The van der Waals surface area contributed by atoms with Gasteiger partial charge in [-0.3, -0.25) is 0 Å². The number of carbonyl (C=O) groups excluding carboxylic acids is 2. The van der Waals surface area contributed by atoms with E-state index in [0.29, 0.717) is 0 Å². The van der Waals surface area contributed by atoms with E-state index in [1.807, 2.05) is 0 Å². The Hall–Kier alpha value is -0.477. The molecule has 0 aromatic rings. The van der Waals surface area contributed by atoms with Crippen LogP contribution in [-0.4, -0.2) is 23.1 Å². The van der Waals surface area contributed by atoms with Gasteiger partial charge < -0.3 is 24.9 Å². The molecular weight excluding hydrogens is 205 g/mol. The Morgan fingerprint density at radius 3 is 2.09 bits per heavy atom. The van der Waals surface area contributed by atoms with Gasteiger partial charge in [0.2, 0.25) is 0 Å². The summed E-state index contributed by atoms with van der Waals surface area (Å²) in [5.41, 5.74) is 0. The van der Waals surface area contributed by atoms with E-state index >= 15 is 0 Å². The Morgan fingerprint density at radius 2 is 1.82 bits per heavy atom. The molecule has 0 spiro atoms. The number of carboxylic acid groups (broad SMARTS) is 2. The Labute approximate surface area is 75.8 Å². The number of carbonyl (C=O) groups is 2. The van der Waals surface area contributed by atoms with Crippen molar-refractivity contribution in [2.75, 3.05) is 0 Å². The van der Waals surface area contributed by atoms with Gasteiger partial charge in [-0.25, -0.2) is 0 Å². The third-order valence-corrected chi connectivity index (χ3v) is 0.894. The predicted octanol–water partition coefficient (Wildman–Crippen LogP) is -3.38. The van der Waals surface area contributed by atoms with Gasteiger partial charge in [0.25, 0.3) is 0 Å². The van der Waals surface area contributed by atoms with Crippen molar-refractivity contribution in [3.8, 4) is 0 Å². The maximum absolute atomic E-state index is 9.74. The van der Waals surface area contributed by atoms with Gasteiger partial charge in [-0.05, 0) is 12.8 Å². The number of rotatable bonds is 4. The van der Waals surface area contributed by atoms with E-state index in [2.05, 4.69) is 0 Å². The van der Waals surface area contributed by atoms with E-state index in [9.17, 15) is 19.8 Å². The van der Waals surface area contributed by atoms with Crippen molar-refractivity contribution in [3.63, 3.8) is 0 Å². The SMILES string of the molecule is O=C([O-])CC[C@H](O)C(=O)[O-].[Zn+2]. The number of carboxylic acids is 2. The molecule has 0 aliphatic carbocycles. The summed E-state index contributed by atoms with van der Waals surface area (Å²) in [6.07, 6.45) is -2.56. The quantitative estimate of drug-likeness (QED) is 0.489. The maximum Gasteiger partial charge on any atom is 2.00 e. The molecule has 58 valence electrons. The zero-order valence-electron chi connectivity index (χ0n) is 5.78. The molecule has 0 aliphatic rings. The van der Waals surface area contributed by atoms with Gasteiger partial charge in [-0.2, -0.15) is 0 Å². The van der Waals surface area contributed by atoms with Crippen LogP contribution in [0.3, 0.4) is 0 Å². The summed E-state index contributed by atoms with van der Waals surface area (Å²) in [6.45, 7) is 0. The summed E-state index contributed by atoms with van der Waals surface area (Å²) in [5.74, 6) is -3.05. The summed E-state index contributed by atoms with van der Waals surface area (Å²) in [6, 6.07) is 0. The summed E-state index contributed by atoms with van der Waals surface area (Å²) in [4.78, 5) is 19.4. The molecule has 1 N–H and O–H groups in total. The van der Waals surface area contributed by atoms with Crippen LogP contribution in [0.25, 0.3) is 0 Å². The van der Waals surface area contributed by atoms with Crippen LogP contribution in [0.15, 0.2) is 0 Å². The molecule has 0 rings (SSSR count). The van der Waals surface area contributed by atoms with Crippen molar-refractivity contribution in [2.45, 2.75) is 18.9 Å². The van der Waals surface area contributed by atoms with Gasteiger partial charge in [0, 0.05) is 5.97 Å². The standard InChI is InChI=1S/C5H8O5.Zn/c6-3(5(9)10)1-2-4(7)8;/h3,6H,1-2H2,(H,7,8)(H,9,10);/q;+2/p-2/t3-;/m0./s1. The van der Waals surface area contributed by atoms with Gasteiger partial charge in [0.05, 0.1) is 12.1 Å². The van der Waals surface area contributed by atoms with Crippen LogP contribution in [0, 0.1) is 0 Å². The third kappa shape index (κ3) is 7.42. The van der Waals surface area contributed by atoms with Crippen molar-refractivity contribution < 1.29 is 44.4 Å². The Balaban J connectivity index is 0. The molecule has 0 saturated heterocycles. The number of hydrogen-bond donors (Lipinski definition) is 1. The zero-order valence-corrected chi connectivity index (χ0v) is 8.75. The van der Waals surface area contributed by atoms with Crippen molar-refractivity contribution in [1.82, 2.24) is 0 Å². The van der Waals surface area contributed by atoms with E-state index < -0.39 is 24.5 Å². The van der Waals surface area contributed by atoms with Gasteiger partial charge in [0.1, 0.15) is 0 Å². The minimum absolute atomic E-state index is 0. The first-order valence-electron chi connectivity index (χ1n) is 2.63. The fraction of sp³-hybridized carbons (Fsp3) is 0.600. The fourth-order valence-electron chi connectivity index (χ4n) is 0.372. The van der Waals surface area contributed by atoms with E-state index in [1.165, 1.54) is 0 Å². The van der Waals surface area contributed by atoms with E-state index in [-0.39, 0.29) is 25.9 Å². The van der Waals surface area contributed by atoms with E-state index in [1.54, 1.807) is 0 Å². The molecule has 0 radical (unpaired) electrons. The van der Waals surface area contributed by atoms with Gasteiger partial charge in [0.15, 0.2) is 0 Å². The fourth-order valence-corrected chi connectivity index (χ4v) is 0.372. The molecule has 6 heteroatoms. The molecule has 0 bridgehead atoms. The molecule has 0 amide bonds.